The molecule has 1 aliphatic heterocycles. The van der Waals surface area contributed by atoms with Crippen molar-refractivity contribution in [3.63, 3.8) is 0 Å². The summed E-state index contributed by atoms with van der Waals surface area (Å²) in [5, 5.41) is 2.82. The SMILES string of the molecule is Cc1cccc([S@@](=O)CC(=O)NC[C@H]2Cc3ccccc3O2)c1. The Hall–Kier alpha value is -2.14. The first-order valence-electron chi connectivity index (χ1n) is 7.58. The Morgan fingerprint density at radius 1 is 1.26 bits per heavy atom. The summed E-state index contributed by atoms with van der Waals surface area (Å²) in [6.45, 7) is 2.37. The van der Waals surface area contributed by atoms with Crippen molar-refractivity contribution in [2.75, 3.05) is 12.3 Å². The van der Waals surface area contributed by atoms with Crippen molar-refractivity contribution >= 4 is 16.7 Å². The van der Waals surface area contributed by atoms with E-state index in [0.29, 0.717) is 11.4 Å². The van der Waals surface area contributed by atoms with Gasteiger partial charge in [0.2, 0.25) is 5.91 Å². The van der Waals surface area contributed by atoms with Gasteiger partial charge in [-0.05, 0) is 36.2 Å². The van der Waals surface area contributed by atoms with Gasteiger partial charge in [-0.3, -0.25) is 9.00 Å². The molecule has 2 atom stereocenters. The van der Waals surface area contributed by atoms with Crippen LogP contribution < -0.4 is 10.1 Å². The van der Waals surface area contributed by atoms with E-state index in [9.17, 15) is 9.00 Å². The van der Waals surface area contributed by atoms with Gasteiger partial charge in [0, 0.05) is 11.3 Å². The van der Waals surface area contributed by atoms with Gasteiger partial charge >= 0.3 is 0 Å². The van der Waals surface area contributed by atoms with Crippen molar-refractivity contribution in [1.82, 2.24) is 5.32 Å². The van der Waals surface area contributed by atoms with Crippen LogP contribution in [0.25, 0.3) is 0 Å². The molecule has 1 aliphatic rings. The van der Waals surface area contributed by atoms with Gasteiger partial charge in [0.1, 0.15) is 17.6 Å². The Labute approximate surface area is 138 Å². The van der Waals surface area contributed by atoms with E-state index in [2.05, 4.69) is 5.32 Å². The summed E-state index contributed by atoms with van der Waals surface area (Å²) in [6.07, 6.45) is 0.737. The number of benzene rings is 2. The molecule has 0 saturated carbocycles. The minimum atomic E-state index is -1.32. The lowest BCUT2D eigenvalue weighted by molar-refractivity contribution is -0.118. The zero-order valence-corrected chi connectivity index (χ0v) is 13.8. The third kappa shape index (κ3) is 3.99. The number of carbonyl (C=O) groups is 1. The average molecular weight is 329 g/mol. The molecule has 0 fully saturated rings. The monoisotopic (exact) mass is 329 g/mol. The highest BCUT2D eigenvalue weighted by molar-refractivity contribution is 7.85. The van der Waals surface area contributed by atoms with Crippen LogP contribution in [0.5, 0.6) is 5.75 Å². The van der Waals surface area contributed by atoms with E-state index in [1.54, 1.807) is 6.07 Å². The van der Waals surface area contributed by atoms with Crippen LogP contribution in [0, 0.1) is 6.92 Å². The molecule has 1 heterocycles. The first-order valence-corrected chi connectivity index (χ1v) is 8.90. The molecule has 3 rings (SSSR count). The van der Waals surface area contributed by atoms with Crippen LogP contribution in [0.2, 0.25) is 0 Å². The molecule has 0 unspecified atom stereocenters. The average Bonchev–Trinajstić information content (AvgIpc) is 2.96. The highest BCUT2D eigenvalue weighted by Gasteiger charge is 2.22. The van der Waals surface area contributed by atoms with Crippen LogP contribution in [-0.2, 0) is 22.0 Å². The molecular weight excluding hydrogens is 310 g/mol. The Morgan fingerprint density at radius 2 is 2.09 bits per heavy atom. The molecule has 4 nitrogen and oxygen atoms in total. The van der Waals surface area contributed by atoms with Crippen LogP contribution >= 0.6 is 0 Å². The number of hydrogen-bond acceptors (Lipinski definition) is 3. The van der Waals surface area contributed by atoms with Crippen molar-refractivity contribution in [2.45, 2.75) is 24.3 Å². The number of ether oxygens (including phenoxy) is 1. The highest BCUT2D eigenvalue weighted by atomic mass is 32.2. The quantitative estimate of drug-likeness (QED) is 0.915. The lowest BCUT2D eigenvalue weighted by Crippen LogP contribution is -2.36. The maximum absolute atomic E-state index is 12.2. The predicted octanol–water partition coefficient (Wildman–Crippen LogP) is 2.22. The molecule has 0 aliphatic carbocycles. The van der Waals surface area contributed by atoms with Crippen molar-refractivity contribution in [3.8, 4) is 5.75 Å². The van der Waals surface area contributed by atoms with Crippen LogP contribution in [0.1, 0.15) is 11.1 Å². The molecule has 2 aromatic rings. The lowest BCUT2D eigenvalue weighted by Gasteiger charge is -2.12. The molecule has 1 amide bonds. The topological polar surface area (TPSA) is 55.4 Å². The van der Waals surface area contributed by atoms with Crippen LogP contribution in [0.3, 0.4) is 0 Å². The van der Waals surface area contributed by atoms with Gasteiger partial charge in [-0.15, -0.1) is 0 Å². The summed E-state index contributed by atoms with van der Waals surface area (Å²) < 4.78 is 18.0. The third-order valence-corrected chi connectivity index (χ3v) is 5.06. The third-order valence-electron chi connectivity index (χ3n) is 3.76. The summed E-state index contributed by atoms with van der Waals surface area (Å²) in [4.78, 5) is 12.7. The molecule has 120 valence electrons. The molecule has 23 heavy (non-hydrogen) atoms. The Kier molecular flexibility index (Phi) is 4.76. The van der Waals surface area contributed by atoms with Gasteiger partial charge in [-0.2, -0.15) is 0 Å². The second-order valence-corrected chi connectivity index (χ2v) is 7.11. The Morgan fingerprint density at radius 3 is 2.87 bits per heavy atom. The fourth-order valence-electron chi connectivity index (χ4n) is 2.61. The number of nitrogens with one attached hydrogen (secondary N) is 1. The second kappa shape index (κ2) is 6.96. The zero-order chi connectivity index (χ0) is 16.2. The van der Waals surface area contributed by atoms with E-state index < -0.39 is 10.8 Å². The van der Waals surface area contributed by atoms with Crippen LogP contribution in [-0.4, -0.2) is 28.5 Å². The lowest BCUT2D eigenvalue weighted by atomic mass is 10.1. The minimum Gasteiger partial charge on any atom is -0.488 e. The number of hydrogen-bond donors (Lipinski definition) is 1. The molecule has 0 spiro atoms. The summed E-state index contributed by atoms with van der Waals surface area (Å²) in [5.41, 5.74) is 2.20. The zero-order valence-electron chi connectivity index (χ0n) is 13.0. The smallest absolute Gasteiger partial charge is 0.233 e. The molecule has 0 radical (unpaired) electrons. The van der Waals surface area contributed by atoms with E-state index in [1.807, 2.05) is 49.4 Å². The molecular formula is C18H19NO3S. The molecule has 1 N–H and O–H groups in total. The summed E-state index contributed by atoms with van der Waals surface area (Å²) in [6, 6.07) is 15.3. The van der Waals surface area contributed by atoms with Crippen molar-refractivity contribution in [3.05, 3.63) is 59.7 Å². The van der Waals surface area contributed by atoms with Gasteiger partial charge in [0.15, 0.2) is 0 Å². The summed E-state index contributed by atoms with van der Waals surface area (Å²) in [7, 11) is -1.32. The van der Waals surface area contributed by atoms with Crippen molar-refractivity contribution < 1.29 is 13.7 Å². The van der Waals surface area contributed by atoms with E-state index >= 15 is 0 Å². The first-order chi connectivity index (χ1) is 11.1. The van der Waals surface area contributed by atoms with E-state index in [4.69, 9.17) is 4.74 Å². The number of para-hydroxylation sites is 1. The van der Waals surface area contributed by atoms with Gasteiger partial charge in [0.05, 0.1) is 17.3 Å². The molecule has 2 aromatic carbocycles. The van der Waals surface area contributed by atoms with Gasteiger partial charge < -0.3 is 10.1 Å². The number of aryl methyl sites for hydroxylation is 1. The van der Waals surface area contributed by atoms with E-state index in [0.717, 1.165) is 23.3 Å². The largest absolute Gasteiger partial charge is 0.488 e. The Bertz CT molecular complexity index is 720. The van der Waals surface area contributed by atoms with E-state index in [-0.39, 0.29) is 17.8 Å². The highest BCUT2D eigenvalue weighted by Crippen LogP contribution is 2.27. The molecule has 0 aromatic heterocycles. The summed E-state index contributed by atoms with van der Waals surface area (Å²) in [5.74, 6) is 0.642. The standard InChI is InChI=1S/C18H19NO3S/c1-13-5-4-7-16(9-13)23(21)12-18(20)19-11-15-10-14-6-2-3-8-17(14)22-15/h2-9,15H,10-12H2,1H3,(H,19,20)/t15-,23+/m1/s1. The molecule has 5 heteroatoms. The van der Waals surface area contributed by atoms with Crippen LogP contribution in [0.15, 0.2) is 53.4 Å². The fraction of sp³-hybridized carbons (Fsp3) is 0.278. The molecule has 0 bridgehead atoms. The number of carbonyl (C=O) groups excluding carboxylic acids is 1. The van der Waals surface area contributed by atoms with Gasteiger partial charge in [0.25, 0.3) is 0 Å². The summed E-state index contributed by atoms with van der Waals surface area (Å²) >= 11 is 0. The van der Waals surface area contributed by atoms with Gasteiger partial charge in [-0.1, -0.05) is 30.3 Å². The maximum Gasteiger partial charge on any atom is 0.233 e. The predicted molar refractivity (Wildman–Crippen MR) is 90.0 cm³/mol. The molecule has 0 saturated heterocycles. The van der Waals surface area contributed by atoms with Crippen LogP contribution in [0.4, 0.5) is 0 Å². The Balaban J connectivity index is 1.48. The minimum absolute atomic E-state index is 0.0247. The van der Waals surface area contributed by atoms with Crippen molar-refractivity contribution in [1.29, 1.82) is 0 Å². The number of rotatable bonds is 5. The number of amides is 1. The fourth-order valence-corrected chi connectivity index (χ4v) is 3.66. The van der Waals surface area contributed by atoms with Gasteiger partial charge in [-0.25, -0.2) is 0 Å². The first kappa shape index (κ1) is 15.7. The maximum atomic E-state index is 12.2. The van der Waals surface area contributed by atoms with E-state index in [1.165, 1.54) is 0 Å². The number of fused-ring (bicyclic) bond motifs is 1. The van der Waals surface area contributed by atoms with Crippen molar-refractivity contribution in [2.24, 2.45) is 0 Å². The normalized spacial score (nSPS) is 17.2. The second-order valence-electron chi connectivity index (χ2n) is 5.66.